The smallest absolute Gasteiger partial charge is 0.260 e. The van der Waals surface area contributed by atoms with E-state index in [1.807, 2.05) is 6.92 Å². The highest BCUT2D eigenvalue weighted by atomic mass is 32.1. The average Bonchev–Trinajstić information content (AvgIpc) is 2.30. The third-order valence-corrected chi connectivity index (χ3v) is 2.68. The van der Waals surface area contributed by atoms with Gasteiger partial charge in [-0.05, 0) is 13.3 Å². The molecule has 1 aromatic heterocycles. The Balaban J connectivity index is 3.07. The molecule has 0 saturated carbocycles. The summed E-state index contributed by atoms with van der Waals surface area (Å²) in [5, 5.41) is 0.969. The molecule has 0 aliphatic heterocycles. The van der Waals surface area contributed by atoms with E-state index in [0.29, 0.717) is 4.88 Å². The minimum Gasteiger partial charge on any atom is -0.365 e. The zero-order valence-corrected chi connectivity index (χ0v) is 7.36. The van der Waals surface area contributed by atoms with Crippen LogP contribution in [0.1, 0.15) is 27.3 Å². The highest BCUT2D eigenvalue weighted by molar-refractivity contribution is 7.13. The van der Waals surface area contributed by atoms with Gasteiger partial charge in [-0.3, -0.25) is 4.79 Å². The van der Waals surface area contributed by atoms with Gasteiger partial charge in [-0.15, -0.1) is 11.3 Å². The van der Waals surface area contributed by atoms with Crippen LogP contribution in [0.5, 0.6) is 0 Å². The van der Waals surface area contributed by atoms with Crippen LogP contribution in [0.2, 0.25) is 0 Å². The second kappa shape index (κ2) is 3.00. The molecule has 1 heterocycles. The van der Waals surface area contributed by atoms with Gasteiger partial charge in [0, 0.05) is 0 Å². The highest BCUT2D eigenvalue weighted by Crippen LogP contribution is 2.17. The van der Waals surface area contributed by atoms with E-state index in [1.54, 1.807) is 6.92 Å². The summed E-state index contributed by atoms with van der Waals surface area (Å²) in [7, 11) is 0. The number of thiazole rings is 1. The van der Waals surface area contributed by atoms with Gasteiger partial charge in [0.1, 0.15) is 4.88 Å². The molecule has 0 saturated heterocycles. The van der Waals surface area contributed by atoms with E-state index in [4.69, 9.17) is 5.73 Å². The van der Waals surface area contributed by atoms with E-state index in [9.17, 15) is 4.79 Å². The number of primary amides is 1. The Bertz CT molecular complexity index is 280. The molecule has 2 N–H and O–H groups in total. The maximum absolute atomic E-state index is 10.7. The van der Waals surface area contributed by atoms with Crippen molar-refractivity contribution < 1.29 is 4.79 Å². The van der Waals surface area contributed by atoms with Crippen molar-refractivity contribution in [3.8, 4) is 0 Å². The van der Waals surface area contributed by atoms with Crippen LogP contribution < -0.4 is 5.73 Å². The molecule has 0 fully saturated rings. The molecule has 0 atom stereocenters. The molecule has 0 aliphatic carbocycles. The second-order valence-electron chi connectivity index (χ2n) is 2.24. The van der Waals surface area contributed by atoms with Crippen LogP contribution >= 0.6 is 11.3 Å². The van der Waals surface area contributed by atoms with E-state index < -0.39 is 0 Å². The van der Waals surface area contributed by atoms with Crippen molar-refractivity contribution in [2.24, 2.45) is 5.73 Å². The van der Waals surface area contributed by atoms with Gasteiger partial charge in [-0.2, -0.15) is 0 Å². The fourth-order valence-corrected chi connectivity index (χ4v) is 1.69. The summed E-state index contributed by atoms with van der Waals surface area (Å²) >= 11 is 1.38. The molecule has 3 nitrogen and oxygen atoms in total. The first-order valence-corrected chi connectivity index (χ1v) is 4.23. The predicted molar refractivity (Wildman–Crippen MR) is 44.7 cm³/mol. The van der Waals surface area contributed by atoms with Crippen LogP contribution in [-0.4, -0.2) is 10.9 Å². The second-order valence-corrected chi connectivity index (χ2v) is 3.32. The van der Waals surface area contributed by atoms with Crippen molar-refractivity contribution in [3.63, 3.8) is 0 Å². The van der Waals surface area contributed by atoms with E-state index in [2.05, 4.69) is 4.98 Å². The molecule has 1 amide bonds. The van der Waals surface area contributed by atoms with Gasteiger partial charge in [0.25, 0.3) is 5.91 Å². The Labute approximate surface area is 69.3 Å². The lowest BCUT2D eigenvalue weighted by molar-refractivity contribution is 0.100. The van der Waals surface area contributed by atoms with Crippen LogP contribution in [-0.2, 0) is 6.42 Å². The number of aromatic nitrogens is 1. The maximum Gasteiger partial charge on any atom is 0.260 e. The topological polar surface area (TPSA) is 56.0 Å². The average molecular weight is 170 g/mol. The first-order valence-electron chi connectivity index (χ1n) is 3.41. The van der Waals surface area contributed by atoms with E-state index in [-0.39, 0.29) is 5.91 Å². The normalized spacial score (nSPS) is 10.0. The van der Waals surface area contributed by atoms with Crippen LogP contribution in [0.3, 0.4) is 0 Å². The van der Waals surface area contributed by atoms with Crippen molar-refractivity contribution >= 4 is 17.2 Å². The summed E-state index contributed by atoms with van der Waals surface area (Å²) in [5.41, 5.74) is 5.86. The Morgan fingerprint density at radius 2 is 2.36 bits per heavy atom. The van der Waals surface area contributed by atoms with Gasteiger partial charge in [0.05, 0.1) is 10.7 Å². The zero-order chi connectivity index (χ0) is 8.43. The van der Waals surface area contributed by atoms with E-state index >= 15 is 0 Å². The number of hydrogen-bond donors (Lipinski definition) is 1. The molecule has 1 rings (SSSR count). The van der Waals surface area contributed by atoms with Crippen LogP contribution in [0, 0.1) is 6.92 Å². The molecule has 0 aliphatic rings. The molecule has 11 heavy (non-hydrogen) atoms. The molecule has 60 valence electrons. The van der Waals surface area contributed by atoms with Crippen molar-refractivity contribution in [2.45, 2.75) is 20.3 Å². The van der Waals surface area contributed by atoms with Gasteiger partial charge >= 0.3 is 0 Å². The molecule has 0 radical (unpaired) electrons. The fraction of sp³-hybridized carbons (Fsp3) is 0.429. The molecular formula is C7H10N2OS. The number of carbonyl (C=O) groups is 1. The third-order valence-electron chi connectivity index (χ3n) is 1.37. The lowest BCUT2D eigenvalue weighted by Gasteiger charge is -1.85. The third kappa shape index (κ3) is 1.57. The number of nitrogens with zero attached hydrogens (tertiary/aromatic N) is 1. The molecule has 0 bridgehead atoms. The Kier molecular flexibility index (Phi) is 2.24. The summed E-state index contributed by atoms with van der Waals surface area (Å²) in [4.78, 5) is 15.5. The number of amides is 1. The lowest BCUT2D eigenvalue weighted by atomic mass is 10.4. The minimum absolute atomic E-state index is 0.375. The molecule has 0 spiro atoms. The first-order chi connectivity index (χ1) is 5.15. The summed E-state index contributed by atoms with van der Waals surface area (Å²) in [6.07, 6.45) is 0.860. The van der Waals surface area contributed by atoms with Crippen molar-refractivity contribution in [3.05, 3.63) is 15.6 Å². The standard InChI is InChI=1S/C7H10N2OS/c1-3-5-9-4(2)6(11-5)7(8)10/h3H2,1-2H3,(H2,8,10). The van der Waals surface area contributed by atoms with Crippen molar-refractivity contribution in [1.29, 1.82) is 0 Å². The molecule has 0 aromatic carbocycles. The summed E-state index contributed by atoms with van der Waals surface area (Å²) in [6, 6.07) is 0. The quantitative estimate of drug-likeness (QED) is 0.723. The van der Waals surface area contributed by atoms with Gasteiger partial charge in [-0.1, -0.05) is 6.92 Å². The number of hydrogen-bond acceptors (Lipinski definition) is 3. The largest absolute Gasteiger partial charge is 0.365 e. The molecule has 0 unspecified atom stereocenters. The number of rotatable bonds is 2. The summed E-state index contributed by atoms with van der Waals surface area (Å²) < 4.78 is 0. The SMILES string of the molecule is CCc1nc(C)c(C(N)=O)s1. The van der Waals surface area contributed by atoms with Gasteiger partial charge in [-0.25, -0.2) is 4.98 Å². The molecule has 1 aromatic rings. The van der Waals surface area contributed by atoms with E-state index in [1.165, 1.54) is 11.3 Å². The number of carbonyl (C=O) groups excluding carboxylic acids is 1. The maximum atomic E-state index is 10.7. The Morgan fingerprint density at radius 3 is 2.64 bits per heavy atom. The van der Waals surface area contributed by atoms with Crippen LogP contribution in [0.25, 0.3) is 0 Å². The summed E-state index contributed by atoms with van der Waals surface area (Å²) in [6.45, 7) is 3.80. The monoisotopic (exact) mass is 170 g/mol. The van der Waals surface area contributed by atoms with Gasteiger partial charge in [0.2, 0.25) is 0 Å². The van der Waals surface area contributed by atoms with Crippen LogP contribution in [0.4, 0.5) is 0 Å². The Morgan fingerprint density at radius 1 is 1.73 bits per heavy atom. The minimum atomic E-state index is -0.375. The van der Waals surface area contributed by atoms with Crippen LogP contribution in [0.15, 0.2) is 0 Å². The summed E-state index contributed by atoms with van der Waals surface area (Å²) in [5.74, 6) is -0.375. The van der Waals surface area contributed by atoms with Crippen molar-refractivity contribution in [1.82, 2.24) is 4.98 Å². The molecule has 4 heteroatoms. The highest BCUT2D eigenvalue weighted by Gasteiger charge is 2.10. The number of aryl methyl sites for hydroxylation is 2. The lowest BCUT2D eigenvalue weighted by Crippen LogP contribution is -2.09. The first kappa shape index (κ1) is 8.20. The fourth-order valence-electron chi connectivity index (χ4n) is 0.832. The van der Waals surface area contributed by atoms with Crippen molar-refractivity contribution in [2.75, 3.05) is 0 Å². The zero-order valence-electron chi connectivity index (χ0n) is 6.55. The number of nitrogens with two attached hydrogens (primary N) is 1. The van der Waals surface area contributed by atoms with E-state index in [0.717, 1.165) is 17.1 Å². The predicted octanol–water partition coefficient (Wildman–Crippen LogP) is 1.11. The molecular weight excluding hydrogens is 160 g/mol. The van der Waals surface area contributed by atoms with Gasteiger partial charge < -0.3 is 5.73 Å². The van der Waals surface area contributed by atoms with Gasteiger partial charge in [0.15, 0.2) is 0 Å². The Hall–Kier alpha value is -0.900.